The Morgan fingerprint density at radius 3 is 2.50 bits per heavy atom. The van der Waals surface area contributed by atoms with Crippen LogP contribution in [-0.4, -0.2) is 5.71 Å². The molecule has 0 fully saturated rings. The Hall–Kier alpha value is -0.648. The van der Waals surface area contributed by atoms with Gasteiger partial charge in [-0.2, -0.15) is 11.6 Å². The van der Waals surface area contributed by atoms with E-state index in [1.165, 1.54) is 0 Å². The molecule has 1 aliphatic rings. The number of hydrogen-bond acceptors (Lipinski definition) is 2. The molecule has 1 unspecified atom stereocenters. The first-order valence-electron chi connectivity index (χ1n) is 5.34. The van der Waals surface area contributed by atoms with E-state index in [-0.39, 0.29) is 26.3 Å². The smallest absolute Gasteiger partial charge is 0 e. The molecular weight excluding hydrogens is 291 g/mol. The fraction of sp³-hybridized carbons (Fsp3) is 0.462. The average molecular weight is 310 g/mol. The summed E-state index contributed by atoms with van der Waals surface area (Å²) >= 11 is 0. The van der Waals surface area contributed by atoms with Crippen LogP contribution in [0, 0.1) is 17.9 Å². The molecule has 0 saturated carbocycles. The molecule has 2 nitrogen and oxygen atoms in total. The molecule has 0 aromatic rings. The van der Waals surface area contributed by atoms with Crippen molar-refractivity contribution in [3.05, 3.63) is 36.2 Å². The maximum atomic E-state index is 5.56. The summed E-state index contributed by atoms with van der Waals surface area (Å²) in [4.78, 5) is 4.55. The molecule has 16 heavy (non-hydrogen) atoms. The SMILES string of the molecule is C=CC(C)C1=NC(CC(C)C)=[C-]C1=CN.[Pd]. The molecule has 0 bridgehead atoms. The van der Waals surface area contributed by atoms with E-state index < -0.39 is 0 Å². The Morgan fingerprint density at radius 1 is 1.44 bits per heavy atom. The Morgan fingerprint density at radius 2 is 2.06 bits per heavy atom. The molecule has 1 aliphatic heterocycles. The Kier molecular flexibility index (Phi) is 6.56. The van der Waals surface area contributed by atoms with Crippen LogP contribution in [0.3, 0.4) is 0 Å². The largest absolute Gasteiger partial charge is 0.455 e. The van der Waals surface area contributed by atoms with Crippen LogP contribution in [0.2, 0.25) is 0 Å². The number of hydrogen-bond donors (Lipinski definition) is 1. The van der Waals surface area contributed by atoms with Crippen molar-refractivity contribution in [1.82, 2.24) is 0 Å². The molecule has 0 aliphatic carbocycles. The van der Waals surface area contributed by atoms with Crippen LogP contribution in [0.15, 0.2) is 35.1 Å². The zero-order chi connectivity index (χ0) is 11.4. The van der Waals surface area contributed by atoms with Crippen molar-refractivity contribution in [3.63, 3.8) is 0 Å². The van der Waals surface area contributed by atoms with Gasteiger partial charge in [0.1, 0.15) is 0 Å². The number of aliphatic imine (C=N–C) groups is 1. The van der Waals surface area contributed by atoms with Gasteiger partial charge in [0.25, 0.3) is 0 Å². The molecular formula is C13H19N2Pd-. The van der Waals surface area contributed by atoms with Crippen LogP contribution < -0.4 is 5.73 Å². The van der Waals surface area contributed by atoms with E-state index in [0.29, 0.717) is 5.92 Å². The van der Waals surface area contributed by atoms with Crippen molar-refractivity contribution in [2.24, 2.45) is 22.6 Å². The normalized spacial score (nSPS) is 19.1. The topological polar surface area (TPSA) is 38.4 Å². The van der Waals surface area contributed by atoms with Gasteiger partial charge in [-0.1, -0.05) is 32.6 Å². The predicted molar refractivity (Wildman–Crippen MR) is 65.3 cm³/mol. The van der Waals surface area contributed by atoms with Gasteiger partial charge in [-0.25, -0.2) is 0 Å². The summed E-state index contributed by atoms with van der Waals surface area (Å²) in [5.74, 6) is 0.825. The van der Waals surface area contributed by atoms with Crippen molar-refractivity contribution in [1.29, 1.82) is 0 Å². The van der Waals surface area contributed by atoms with E-state index in [1.807, 2.05) is 6.08 Å². The molecule has 0 saturated heterocycles. The molecule has 0 amide bonds. The molecule has 0 aromatic heterocycles. The summed E-state index contributed by atoms with van der Waals surface area (Å²) in [6, 6.07) is 0. The molecule has 92 valence electrons. The second-order valence-electron chi connectivity index (χ2n) is 4.27. The van der Waals surface area contributed by atoms with E-state index in [0.717, 1.165) is 23.4 Å². The van der Waals surface area contributed by atoms with Gasteiger partial charge >= 0.3 is 0 Å². The van der Waals surface area contributed by atoms with E-state index in [1.54, 1.807) is 6.20 Å². The Labute approximate surface area is 112 Å². The summed E-state index contributed by atoms with van der Waals surface area (Å²) in [5, 5.41) is 0. The van der Waals surface area contributed by atoms with Crippen LogP contribution >= 0.6 is 0 Å². The van der Waals surface area contributed by atoms with Crippen LogP contribution in [0.25, 0.3) is 0 Å². The van der Waals surface area contributed by atoms with Crippen molar-refractivity contribution in [3.8, 4) is 0 Å². The van der Waals surface area contributed by atoms with Gasteiger partial charge in [0, 0.05) is 20.4 Å². The molecule has 1 heterocycles. The molecule has 1 atom stereocenters. The maximum absolute atomic E-state index is 5.56. The molecule has 0 spiro atoms. The van der Waals surface area contributed by atoms with Gasteiger partial charge in [-0.05, 0) is 24.0 Å². The minimum absolute atomic E-state index is 0. The van der Waals surface area contributed by atoms with Crippen LogP contribution in [0.1, 0.15) is 27.2 Å². The fourth-order valence-corrected chi connectivity index (χ4v) is 1.52. The third kappa shape index (κ3) is 3.74. The van der Waals surface area contributed by atoms with Gasteiger partial charge < -0.3 is 10.7 Å². The second-order valence-corrected chi connectivity index (χ2v) is 4.27. The Bertz CT molecular complexity index is 338. The van der Waals surface area contributed by atoms with Crippen molar-refractivity contribution >= 4 is 5.71 Å². The zero-order valence-corrected chi connectivity index (χ0v) is 11.6. The molecule has 0 aromatic carbocycles. The first kappa shape index (κ1) is 15.4. The number of rotatable bonds is 4. The van der Waals surface area contributed by atoms with E-state index in [9.17, 15) is 0 Å². The van der Waals surface area contributed by atoms with Gasteiger partial charge in [0.2, 0.25) is 0 Å². The number of allylic oxidation sites excluding steroid dienone is 4. The second kappa shape index (κ2) is 6.83. The van der Waals surface area contributed by atoms with Crippen molar-refractivity contribution < 1.29 is 20.4 Å². The third-order valence-corrected chi connectivity index (χ3v) is 2.36. The van der Waals surface area contributed by atoms with Crippen molar-refractivity contribution in [2.45, 2.75) is 27.2 Å². The summed E-state index contributed by atoms with van der Waals surface area (Å²) in [7, 11) is 0. The number of nitrogens with two attached hydrogens (primary N) is 1. The third-order valence-electron chi connectivity index (χ3n) is 2.36. The molecule has 3 heteroatoms. The van der Waals surface area contributed by atoms with Gasteiger partial charge in [0.15, 0.2) is 0 Å². The first-order chi connectivity index (χ1) is 7.08. The summed E-state index contributed by atoms with van der Waals surface area (Å²) < 4.78 is 0. The fourth-order valence-electron chi connectivity index (χ4n) is 1.52. The monoisotopic (exact) mass is 309 g/mol. The van der Waals surface area contributed by atoms with Gasteiger partial charge in [-0.15, -0.1) is 12.8 Å². The summed E-state index contributed by atoms with van der Waals surface area (Å²) in [5.41, 5.74) is 8.47. The van der Waals surface area contributed by atoms with Crippen molar-refractivity contribution in [2.75, 3.05) is 0 Å². The molecule has 0 radical (unpaired) electrons. The molecule has 2 N–H and O–H groups in total. The van der Waals surface area contributed by atoms with E-state index in [4.69, 9.17) is 5.73 Å². The summed E-state index contributed by atoms with van der Waals surface area (Å²) in [6.45, 7) is 10.2. The Balaban J connectivity index is 0.00000225. The number of nitrogens with zero attached hydrogens (tertiary/aromatic N) is 1. The molecule has 1 rings (SSSR count). The van der Waals surface area contributed by atoms with Crippen LogP contribution in [-0.2, 0) is 20.4 Å². The van der Waals surface area contributed by atoms with Crippen LogP contribution in [0.4, 0.5) is 0 Å². The maximum Gasteiger partial charge on any atom is 0 e. The van der Waals surface area contributed by atoms with Gasteiger partial charge in [-0.3, -0.25) is 0 Å². The summed E-state index contributed by atoms with van der Waals surface area (Å²) in [6.07, 6.45) is 7.64. The first-order valence-corrected chi connectivity index (χ1v) is 5.34. The average Bonchev–Trinajstić information content (AvgIpc) is 2.58. The minimum Gasteiger partial charge on any atom is -0.455 e. The minimum atomic E-state index is 0. The van der Waals surface area contributed by atoms with E-state index >= 15 is 0 Å². The standard InChI is InChI=1S/C13H19N2.Pd/c1-5-10(4)13-11(8-14)7-12(15-13)6-9(2)3;/h5,8-10H,1,6,14H2,2-4H3;/q-1;. The van der Waals surface area contributed by atoms with E-state index in [2.05, 4.69) is 38.4 Å². The zero-order valence-electron chi connectivity index (χ0n) is 10.1. The van der Waals surface area contributed by atoms with Crippen LogP contribution in [0.5, 0.6) is 0 Å². The predicted octanol–water partition coefficient (Wildman–Crippen LogP) is 2.84. The van der Waals surface area contributed by atoms with Gasteiger partial charge in [0.05, 0.1) is 0 Å². The quantitative estimate of drug-likeness (QED) is 0.484.